The first-order chi connectivity index (χ1) is 10.0. The van der Waals surface area contributed by atoms with Crippen molar-refractivity contribution in [2.75, 3.05) is 13.6 Å². The number of halogens is 1. The van der Waals surface area contributed by atoms with Gasteiger partial charge >= 0.3 is 0 Å². The molecule has 0 saturated carbocycles. The van der Waals surface area contributed by atoms with Crippen molar-refractivity contribution in [2.24, 2.45) is 5.73 Å². The van der Waals surface area contributed by atoms with Crippen LogP contribution < -0.4 is 5.73 Å². The fourth-order valence-electron chi connectivity index (χ4n) is 2.65. The molecule has 0 heterocycles. The maximum Gasteiger partial charge on any atom is 0.126 e. The maximum atomic E-state index is 13.4. The fourth-order valence-corrected chi connectivity index (χ4v) is 2.65. The van der Waals surface area contributed by atoms with E-state index >= 15 is 0 Å². The minimum atomic E-state index is -0.171. The molecule has 112 valence electrons. The van der Waals surface area contributed by atoms with E-state index < -0.39 is 0 Å². The Kier molecular flexibility index (Phi) is 5.10. The van der Waals surface area contributed by atoms with Gasteiger partial charge in [-0.3, -0.25) is 4.90 Å². The van der Waals surface area contributed by atoms with E-state index in [0.717, 1.165) is 12.1 Å². The second-order valence-corrected chi connectivity index (χ2v) is 5.66. The summed E-state index contributed by atoms with van der Waals surface area (Å²) in [4.78, 5) is 2.21. The minimum Gasteiger partial charge on any atom is -0.329 e. The maximum absolute atomic E-state index is 13.4. The van der Waals surface area contributed by atoms with Gasteiger partial charge in [0.2, 0.25) is 0 Å². The van der Waals surface area contributed by atoms with Crippen molar-refractivity contribution in [3.63, 3.8) is 0 Å². The van der Waals surface area contributed by atoms with Crippen LogP contribution in [-0.2, 0) is 6.54 Å². The van der Waals surface area contributed by atoms with E-state index in [2.05, 4.69) is 43.1 Å². The molecule has 0 radical (unpaired) electrons. The van der Waals surface area contributed by atoms with Gasteiger partial charge in [-0.05, 0) is 43.7 Å². The van der Waals surface area contributed by atoms with Crippen LogP contribution in [0.4, 0.5) is 4.39 Å². The van der Waals surface area contributed by atoms with Crippen LogP contribution in [0.5, 0.6) is 0 Å². The summed E-state index contributed by atoms with van der Waals surface area (Å²) in [5.74, 6) is -0.171. The molecule has 0 aromatic heterocycles. The number of likely N-dealkylation sites (N-methyl/N-ethyl adjacent to an activating group) is 1. The number of benzene rings is 2. The minimum absolute atomic E-state index is 0.0878. The molecule has 1 unspecified atom stereocenters. The van der Waals surface area contributed by atoms with E-state index in [1.807, 2.05) is 12.1 Å². The normalized spacial score (nSPS) is 12.7. The largest absolute Gasteiger partial charge is 0.329 e. The van der Waals surface area contributed by atoms with E-state index in [-0.39, 0.29) is 11.9 Å². The summed E-state index contributed by atoms with van der Waals surface area (Å²) in [6, 6.07) is 13.8. The van der Waals surface area contributed by atoms with Gasteiger partial charge in [0.05, 0.1) is 0 Å². The monoisotopic (exact) mass is 286 g/mol. The van der Waals surface area contributed by atoms with Crippen LogP contribution in [0.2, 0.25) is 0 Å². The number of hydrogen-bond donors (Lipinski definition) is 1. The second-order valence-electron chi connectivity index (χ2n) is 5.66. The quantitative estimate of drug-likeness (QED) is 0.910. The van der Waals surface area contributed by atoms with Gasteiger partial charge in [-0.15, -0.1) is 0 Å². The van der Waals surface area contributed by atoms with Crippen LogP contribution in [0, 0.1) is 19.7 Å². The third kappa shape index (κ3) is 3.90. The zero-order chi connectivity index (χ0) is 15.4. The van der Waals surface area contributed by atoms with E-state index in [9.17, 15) is 4.39 Å². The summed E-state index contributed by atoms with van der Waals surface area (Å²) in [7, 11) is 2.05. The Morgan fingerprint density at radius 3 is 2.52 bits per heavy atom. The van der Waals surface area contributed by atoms with Gasteiger partial charge in [0.15, 0.2) is 0 Å². The first kappa shape index (κ1) is 15.7. The van der Waals surface area contributed by atoms with Crippen molar-refractivity contribution < 1.29 is 4.39 Å². The van der Waals surface area contributed by atoms with Gasteiger partial charge in [0.25, 0.3) is 0 Å². The molecular weight excluding hydrogens is 263 g/mol. The standard InChI is InChI=1S/C18H23FN2/c1-13-5-4-6-15(9-13)12-21(3)18(11-20)16-7-8-17(19)14(2)10-16/h4-10,18H,11-12,20H2,1-3H3. The molecule has 0 aliphatic rings. The average molecular weight is 286 g/mol. The van der Waals surface area contributed by atoms with Crippen LogP contribution in [0.3, 0.4) is 0 Å². The lowest BCUT2D eigenvalue weighted by Gasteiger charge is -2.28. The molecule has 0 bridgehead atoms. The van der Waals surface area contributed by atoms with E-state index in [4.69, 9.17) is 5.73 Å². The van der Waals surface area contributed by atoms with Gasteiger partial charge in [-0.1, -0.05) is 42.0 Å². The molecule has 3 heteroatoms. The van der Waals surface area contributed by atoms with Crippen molar-refractivity contribution in [1.82, 2.24) is 4.90 Å². The second kappa shape index (κ2) is 6.83. The molecule has 1 atom stereocenters. The molecule has 2 aromatic carbocycles. The van der Waals surface area contributed by atoms with Gasteiger partial charge in [-0.2, -0.15) is 0 Å². The highest BCUT2D eigenvalue weighted by atomic mass is 19.1. The number of aryl methyl sites for hydroxylation is 2. The molecular formula is C18H23FN2. The third-order valence-corrected chi connectivity index (χ3v) is 3.84. The molecule has 2 nitrogen and oxygen atoms in total. The van der Waals surface area contributed by atoms with Crippen LogP contribution in [0.1, 0.15) is 28.3 Å². The van der Waals surface area contributed by atoms with Crippen molar-refractivity contribution in [1.29, 1.82) is 0 Å². The van der Waals surface area contributed by atoms with Crippen LogP contribution in [0.25, 0.3) is 0 Å². The van der Waals surface area contributed by atoms with Crippen LogP contribution in [-0.4, -0.2) is 18.5 Å². The summed E-state index contributed by atoms with van der Waals surface area (Å²) >= 11 is 0. The molecule has 0 saturated heterocycles. The molecule has 0 fully saturated rings. The van der Waals surface area contributed by atoms with E-state index in [1.165, 1.54) is 17.2 Å². The summed E-state index contributed by atoms with van der Waals surface area (Å²) < 4.78 is 13.4. The Morgan fingerprint density at radius 2 is 1.90 bits per heavy atom. The molecule has 0 aliphatic heterocycles. The first-order valence-electron chi connectivity index (χ1n) is 7.23. The predicted molar refractivity (Wildman–Crippen MR) is 85.6 cm³/mol. The Bertz CT molecular complexity index is 610. The Labute approximate surface area is 126 Å². The molecule has 2 rings (SSSR count). The van der Waals surface area contributed by atoms with Gasteiger partial charge < -0.3 is 5.73 Å². The Balaban J connectivity index is 2.18. The van der Waals surface area contributed by atoms with Gasteiger partial charge in [0, 0.05) is 19.1 Å². The fraction of sp³-hybridized carbons (Fsp3) is 0.333. The van der Waals surface area contributed by atoms with Crippen molar-refractivity contribution in [2.45, 2.75) is 26.4 Å². The van der Waals surface area contributed by atoms with E-state index in [1.54, 1.807) is 6.92 Å². The van der Waals surface area contributed by atoms with Crippen molar-refractivity contribution >= 4 is 0 Å². The van der Waals surface area contributed by atoms with Gasteiger partial charge in [0.1, 0.15) is 5.82 Å². The summed E-state index contributed by atoms with van der Waals surface area (Å²) in [6.45, 7) is 5.20. The first-order valence-corrected chi connectivity index (χ1v) is 7.23. The zero-order valence-electron chi connectivity index (χ0n) is 12.9. The summed E-state index contributed by atoms with van der Waals surface area (Å²) in [6.07, 6.45) is 0. The number of rotatable bonds is 5. The van der Waals surface area contributed by atoms with E-state index in [0.29, 0.717) is 12.1 Å². The lowest BCUT2D eigenvalue weighted by Crippen LogP contribution is -2.30. The number of hydrogen-bond acceptors (Lipinski definition) is 2. The van der Waals surface area contributed by atoms with Crippen molar-refractivity contribution in [3.05, 3.63) is 70.5 Å². The highest BCUT2D eigenvalue weighted by molar-refractivity contribution is 5.27. The topological polar surface area (TPSA) is 29.3 Å². The van der Waals surface area contributed by atoms with Crippen LogP contribution >= 0.6 is 0 Å². The predicted octanol–water partition coefficient (Wildman–Crippen LogP) is 3.57. The molecule has 2 aromatic rings. The van der Waals surface area contributed by atoms with Crippen molar-refractivity contribution in [3.8, 4) is 0 Å². The average Bonchev–Trinajstić information content (AvgIpc) is 2.43. The van der Waals surface area contributed by atoms with Crippen LogP contribution in [0.15, 0.2) is 42.5 Å². The molecule has 0 aliphatic carbocycles. The molecule has 2 N–H and O–H groups in total. The number of nitrogens with zero attached hydrogens (tertiary/aromatic N) is 1. The number of nitrogens with two attached hydrogens (primary N) is 1. The lowest BCUT2D eigenvalue weighted by molar-refractivity contribution is 0.241. The summed E-state index contributed by atoms with van der Waals surface area (Å²) in [5.41, 5.74) is 10.2. The highest BCUT2D eigenvalue weighted by Crippen LogP contribution is 2.22. The Morgan fingerprint density at radius 1 is 1.14 bits per heavy atom. The van der Waals surface area contributed by atoms with Gasteiger partial charge in [-0.25, -0.2) is 4.39 Å². The lowest BCUT2D eigenvalue weighted by atomic mass is 10.0. The SMILES string of the molecule is Cc1cccc(CN(C)C(CN)c2ccc(F)c(C)c2)c1. The smallest absolute Gasteiger partial charge is 0.126 e. The Hall–Kier alpha value is -1.71. The third-order valence-electron chi connectivity index (χ3n) is 3.84. The molecule has 0 spiro atoms. The summed E-state index contributed by atoms with van der Waals surface area (Å²) in [5, 5.41) is 0. The molecule has 0 amide bonds. The zero-order valence-corrected chi connectivity index (χ0v) is 12.9. The molecule has 21 heavy (non-hydrogen) atoms. The highest BCUT2D eigenvalue weighted by Gasteiger charge is 2.16.